The average molecular weight is 283 g/mol. The Morgan fingerprint density at radius 1 is 1.38 bits per heavy atom. The van der Waals surface area contributed by atoms with E-state index in [0.29, 0.717) is 5.41 Å². The van der Waals surface area contributed by atoms with E-state index in [2.05, 4.69) is 54.9 Å². The van der Waals surface area contributed by atoms with Crippen molar-refractivity contribution in [1.29, 1.82) is 0 Å². The van der Waals surface area contributed by atoms with Crippen LogP contribution in [-0.4, -0.2) is 6.61 Å². The lowest BCUT2D eigenvalue weighted by Crippen LogP contribution is -2.21. The van der Waals surface area contributed by atoms with Crippen molar-refractivity contribution in [3.63, 3.8) is 0 Å². The van der Waals surface area contributed by atoms with E-state index in [1.165, 1.54) is 15.6 Å². The maximum Gasteiger partial charge on any atom is 0.0833 e. The SMILES string of the molecule is CC(C)(C)CC1OCCc2c(Br)cccc21. The molecular weight excluding hydrogens is 264 g/mol. The zero-order chi connectivity index (χ0) is 11.8. The molecule has 0 saturated carbocycles. The van der Waals surface area contributed by atoms with Crippen LogP contribution in [-0.2, 0) is 11.2 Å². The monoisotopic (exact) mass is 282 g/mol. The fourth-order valence-electron chi connectivity index (χ4n) is 2.26. The molecule has 0 bridgehead atoms. The Kier molecular flexibility index (Phi) is 3.41. The van der Waals surface area contributed by atoms with Crippen LogP contribution < -0.4 is 0 Å². The maximum atomic E-state index is 5.91. The molecule has 0 N–H and O–H groups in total. The first-order valence-electron chi connectivity index (χ1n) is 5.86. The van der Waals surface area contributed by atoms with Gasteiger partial charge in [-0.2, -0.15) is 0 Å². The number of rotatable bonds is 1. The zero-order valence-corrected chi connectivity index (χ0v) is 11.8. The Hall–Kier alpha value is -0.340. The van der Waals surface area contributed by atoms with Crippen LogP contribution in [0.4, 0.5) is 0 Å². The lowest BCUT2D eigenvalue weighted by molar-refractivity contribution is 0.0151. The second-order valence-electron chi connectivity index (χ2n) is 5.68. The van der Waals surface area contributed by atoms with Gasteiger partial charge in [-0.25, -0.2) is 0 Å². The van der Waals surface area contributed by atoms with Crippen LogP contribution in [0.15, 0.2) is 22.7 Å². The molecule has 2 heteroatoms. The molecule has 1 aromatic carbocycles. The molecule has 1 unspecified atom stereocenters. The number of fused-ring (bicyclic) bond motifs is 1. The van der Waals surface area contributed by atoms with Gasteiger partial charge in [0.25, 0.3) is 0 Å². The Labute approximate surface area is 106 Å². The lowest BCUT2D eigenvalue weighted by Gasteiger charge is -2.31. The quantitative estimate of drug-likeness (QED) is 0.737. The van der Waals surface area contributed by atoms with Gasteiger partial charge >= 0.3 is 0 Å². The summed E-state index contributed by atoms with van der Waals surface area (Å²) in [5, 5.41) is 0. The van der Waals surface area contributed by atoms with Crippen molar-refractivity contribution in [3.05, 3.63) is 33.8 Å². The molecule has 2 rings (SSSR count). The third-order valence-corrected chi connectivity index (χ3v) is 3.71. The van der Waals surface area contributed by atoms with Crippen molar-refractivity contribution in [1.82, 2.24) is 0 Å². The fourth-order valence-corrected chi connectivity index (χ4v) is 2.84. The van der Waals surface area contributed by atoms with Crippen molar-refractivity contribution in [2.45, 2.75) is 39.7 Å². The van der Waals surface area contributed by atoms with E-state index in [9.17, 15) is 0 Å². The van der Waals surface area contributed by atoms with Gasteiger partial charge in [0, 0.05) is 4.47 Å². The van der Waals surface area contributed by atoms with E-state index in [-0.39, 0.29) is 6.10 Å². The highest BCUT2D eigenvalue weighted by Crippen LogP contribution is 2.38. The largest absolute Gasteiger partial charge is 0.373 e. The van der Waals surface area contributed by atoms with Crippen molar-refractivity contribution < 1.29 is 4.74 Å². The van der Waals surface area contributed by atoms with Crippen molar-refractivity contribution in [3.8, 4) is 0 Å². The molecule has 1 atom stereocenters. The average Bonchev–Trinajstić information content (AvgIpc) is 2.17. The Balaban J connectivity index is 2.30. The number of hydrogen-bond donors (Lipinski definition) is 0. The zero-order valence-electron chi connectivity index (χ0n) is 10.2. The van der Waals surface area contributed by atoms with Gasteiger partial charge in [-0.3, -0.25) is 0 Å². The molecule has 0 aliphatic carbocycles. The summed E-state index contributed by atoms with van der Waals surface area (Å²) in [5.74, 6) is 0. The van der Waals surface area contributed by atoms with Crippen LogP contribution in [0.3, 0.4) is 0 Å². The normalized spacial score (nSPS) is 20.6. The highest BCUT2D eigenvalue weighted by molar-refractivity contribution is 9.10. The summed E-state index contributed by atoms with van der Waals surface area (Å²) in [4.78, 5) is 0. The van der Waals surface area contributed by atoms with Gasteiger partial charge in [-0.05, 0) is 35.4 Å². The molecule has 0 radical (unpaired) electrons. The van der Waals surface area contributed by atoms with Crippen LogP contribution in [0, 0.1) is 5.41 Å². The van der Waals surface area contributed by atoms with Crippen LogP contribution >= 0.6 is 15.9 Å². The van der Waals surface area contributed by atoms with Crippen LogP contribution in [0.2, 0.25) is 0 Å². The highest BCUT2D eigenvalue weighted by Gasteiger charge is 2.26. The molecule has 0 spiro atoms. The topological polar surface area (TPSA) is 9.23 Å². The molecule has 0 amide bonds. The van der Waals surface area contributed by atoms with E-state index in [4.69, 9.17) is 4.74 Å². The van der Waals surface area contributed by atoms with E-state index >= 15 is 0 Å². The predicted octanol–water partition coefficient (Wildman–Crippen LogP) is 4.50. The summed E-state index contributed by atoms with van der Waals surface area (Å²) in [6, 6.07) is 6.43. The Morgan fingerprint density at radius 2 is 2.12 bits per heavy atom. The smallest absolute Gasteiger partial charge is 0.0833 e. The molecule has 0 fully saturated rings. The van der Waals surface area contributed by atoms with Crippen LogP contribution in [0.5, 0.6) is 0 Å². The maximum absolute atomic E-state index is 5.91. The van der Waals surface area contributed by atoms with Gasteiger partial charge in [0.05, 0.1) is 12.7 Å². The number of hydrogen-bond acceptors (Lipinski definition) is 1. The van der Waals surface area contributed by atoms with Crippen molar-refractivity contribution in [2.24, 2.45) is 5.41 Å². The highest BCUT2D eigenvalue weighted by atomic mass is 79.9. The molecule has 1 aliphatic heterocycles. The molecule has 16 heavy (non-hydrogen) atoms. The van der Waals surface area contributed by atoms with Gasteiger partial charge < -0.3 is 4.74 Å². The van der Waals surface area contributed by atoms with Gasteiger partial charge in [0.15, 0.2) is 0 Å². The minimum atomic E-state index is 0.265. The van der Waals surface area contributed by atoms with Gasteiger partial charge in [-0.15, -0.1) is 0 Å². The van der Waals surface area contributed by atoms with Gasteiger partial charge in [0.1, 0.15) is 0 Å². The fraction of sp³-hybridized carbons (Fsp3) is 0.571. The van der Waals surface area contributed by atoms with E-state index in [1.807, 2.05) is 0 Å². The molecule has 0 aromatic heterocycles. The summed E-state index contributed by atoms with van der Waals surface area (Å²) in [7, 11) is 0. The first kappa shape index (κ1) is 12.1. The predicted molar refractivity (Wildman–Crippen MR) is 70.6 cm³/mol. The molecule has 1 aromatic rings. The van der Waals surface area contributed by atoms with Gasteiger partial charge in [-0.1, -0.05) is 48.8 Å². The third kappa shape index (κ3) is 2.67. The molecule has 1 aliphatic rings. The van der Waals surface area contributed by atoms with Crippen molar-refractivity contribution in [2.75, 3.05) is 6.61 Å². The first-order valence-corrected chi connectivity index (χ1v) is 6.65. The lowest BCUT2D eigenvalue weighted by atomic mass is 9.84. The van der Waals surface area contributed by atoms with Crippen LogP contribution in [0.25, 0.3) is 0 Å². The molecule has 88 valence electrons. The number of benzene rings is 1. The summed E-state index contributed by atoms with van der Waals surface area (Å²) in [6.07, 6.45) is 2.37. The first-order chi connectivity index (χ1) is 7.47. The summed E-state index contributed by atoms with van der Waals surface area (Å²) in [6.45, 7) is 7.64. The second-order valence-corrected chi connectivity index (χ2v) is 6.54. The van der Waals surface area contributed by atoms with E-state index in [1.54, 1.807) is 0 Å². The standard InChI is InChI=1S/C14H19BrO/c1-14(2,3)9-13-11-5-4-6-12(15)10(11)7-8-16-13/h4-6,13H,7-9H2,1-3H3. The third-order valence-electron chi connectivity index (χ3n) is 2.97. The second kappa shape index (κ2) is 4.50. The molecule has 1 nitrogen and oxygen atoms in total. The van der Waals surface area contributed by atoms with Gasteiger partial charge in [0.2, 0.25) is 0 Å². The Morgan fingerprint density at radius 3 is 2.81 bits per heavy atom. The Bertz CT molecular complexity index is 379. The summed E-state index contributed by atoms with van der Waals surface area (Å²) in [5.41, 5.74) is 3.11. The van der Waals surface area contributed by atoms with E-state index in [0.717, 1.165) is 19.4 Å². The summed E-state index contributed by atoms with van der Waals surface area (Å²) >= 11 is 3.63. The van der Waals surface area contributed by atoms with Crippen LogP contribution in [0.1, 0.15) is 44.4 Å². The van der Waals surface area contributed by atoms with Crippen molar-refractivity contribution >= 4 is 15.9 Å². The minimum absolute atomic E-state index is 0.265. The number of ether oxygens (including phenoxy) is 1. The molecular formula is C14H19BrO. The molecule has 0 saturated heterocycles. The summed E-state index contributed by atoms with van der Waals surface area (Å²) < 4.78 is 7.14. The minimum Gasteiger partial charge on any atom is -0.373 e. The number of halogens is 1. The molecule has 1 heterocycles. The van der Waals surface area contributed by atoms with E-state index < -0.39 is 0 Å².